The Bertz CT molecular complexity index is 1370. The Labute approximate surface area is 196 Å². The second-order valence-electron chi connectivity index (χ2n) is 8.24. The fourth-order valence-corrected chi connectivity index (χ4v) is 5.41. The zero-order valence-corrected chi connectivity index (χ0v) is 18.1. The molecule has 6 heteroatoms. The number of nitriles is 2. The van der Waals surface area contributed by atoms with Crippen LogP contribution in [0, 0.1) is 28.1 Å². The molecule has 0 saturated carbocycles. The molecule has 0 aliphatic carbocycles. The van der Waals surface area contributed by atoms with E-state index in [4.69, 9.17) is 11.6 Å². The summed E-state index contributed by atoms with van der Waals surface area (Å²) in [5, 5.41) is 31.5. The third kappa shape index (κ3) is 3.02. The summed E-state index contributed by atoms with van der Waals surface area (Å²) < 4.78 is 0. The van der Waals surface area contributed by atoms with Crippen LogP contribution < -0.4 is 4.90 Å². The molecule has 0 aromatic heterocycles. The number of carbonyl (C=O) groups excluding carboxylic acids is 1. The molecule has 5 nitrogen and oxygen atoms in total. The molecule has 3 aromatic carbocycles. The summed E-state index contributed by atoms with van der Waals surface area (Å²) in [5.74, 6) is -0.994. The third-order valence-corrected chi connectivity index (χ3v) is 6.79. The summed E-state index contributed by atoms with van der Waals surface area (Å²) >= 11 is 6.29. The van der Waals surface area contributed by atoms with Gasteiger partial charge in [-0.05, 0) is 35.9 Å². The molecule has 0 spiro atoms. The Hall–Kier alpha value is -4.06. The van der Waals surface area contributed by atoms with Gasteiger partial charge in [0.05, 0.1) is 18.2 Å². The van der Waals surface area contributed by atoms with Crippen molar-refractivity contribution in [3.8, 4) is 17.9 Å². The number of halogens is 1. The van der Waals surface area contributed by atoms with Crippen molar-refractivity contribution in [3.63, 3.8) is 0 Å². The minimum absolute atomic E-state index is 0.0999. The summed E-state index contributed by atoms with van der Waals surface area (Å²) in [6, 6.07) is 23.9. The normalized spacial score (nSPS) is 24.9. The van der Waals surface area contributed by atoms with Crippen molar-refractivity contribution in [3.05, 3.63) is 101 Å². The number of phenolic OH excluding ortho intramolecular Hbond substituents is 1. The molecular formula is C27H18ClN3O2. The van der Waals surface area contributed by atoms with Gasteiger partial charge in [-0.1, -0.05) is 66.2 Å². The van der Waals surface area contributed by atoms with Gasteiger partial charge in [-0.15, -0.1) is 0 Å². The molecule has 2 aliphatic rings. The van der Waals surface area contributed by atoms with Crippen LogP contribution in [0.15, 0.2) is 78.9 Å². The number of rotatable bonds is 3. The van der Waals surface area contributed by atoms with E-state index in [2.05, 4.69) is 12.1 Å². The maximum Gasteiger partial charge on any atom is 0.186 e. The first-order valence-electron chi connectivity index (χ1n) is 10.5. The van der Waals surface area contributed by atoms with Gasteiger partial charge >= 0.3 is 0 Å². The highest BCUT2D eigenvalue weighted by atomic mass is 35.5. The van der Waals surface area contributed by atoms with Crippen molar-refractivity contribution in [1.82, 2.24) is 0 Å². The Morgan fingerprint density at radius 1 is 1.03 bits per heavy atom. The fraction of sp³-hybridized carbons (Fsp3) is 0.148. The highest BCUT2D eigenvalue weighted by Gasteiger charge is 2.64. The van der Waals surface area contributed by atoms with Gasteiger partial charge in [0.2, 0.25) is 0 Å². The summed E-state index contributed by atoms with van der Waals surface area (Å²) in [6.07, 6.45) is 3.59. The number of fused-ring (bicyclic) bond motifs is 3. The van der Waals surface area contributed by atoms with Crippen molar-refractivity contribution in [1.29, 1.82) is 10.5 Å². The number of hydrogen-bond acceptors (Lipinski definition) is 5. The minimum atomic E-state index is -1.57. The predicted molar refractivity (Wildman–Crippen MR) is 126 cm³/mol. The van der Waals surface area contributed by atoms with E-state index in [1.807, 2.05) is 17.0 Å². The van der Waals surface area contributed by atoms with Crippen LogP contribution in [0.5, 0.6) is 5.75 Å². The lowest BCUT2D eigenvalue weighted by Crippen LogP contribution is -2.45. The first-order chi connectivity index (χ1) is 16.0. The largest absolute Gasteiger partial charge is 0.508 e. The van der Waals surface area contributed by atoms with E-state index in [0.717, 1.165) is 5.56 Å². The summed E-state index contributed by atoms with van der Waals surface area (Å²) in [7, 11) is 0. The molecule has 1 fully saturated rings. The number of carbonyl (C=O) groups is 1. The summed E-state index contributed by atoms with van der Waals surface area (Å²) in [5.41, 5.74) is 0.907. The Morgan fingerprint density at radius 3 is 2.52 bits per heavy atom. The molecule has 0 radical (unpaired) electrons. The summed E-state index contributed by atoms with van der Waals surface area (Å²) in [4.78, 5) is 15.9. The van der Waals surface area contributed by atoms with Crippen molar-refractivity contribution in [2.45, 2.75) is 18.0 Å². The molecular weight excluding hydrogens is 434 g/mol. The minimum Gasteiger partial charge on any atom is -0.508 e. The molecule has 3 aromatic rings. The number of anilines is 1. The molecule has 5 rings (SSSR count). The van der Waals surface area contributed by atoms with Crippen LogP contribution in [0.4, 0.5) is 5.69 Å². The van der Waals surface area contributed by atoms with Crippen molar-refractivity contribution >= 4 is 29.1 Å². The van der Waals surface area contributed by atoms with Gasteiger partial charge < -0.3 is 10.0 Å². The maximum atomic E-state index is 14.1. The quantitative estimate of drug-likeness (QED) is 0.544. The molecule has 1 N–H and O–H groups in total. The van der Waals surface area contributed by atoms with Crippen LogP contribution in [0.1, 0.15) is 27.4 Å². The molecule has 0 bridgehead atoms. The van der Waals surface area contributed by atoms with E-state index in [-0.39, 0.29) is 11.5 Å². The highest BCUT2D eigenvalue weighted by Crippen LogP contribution is 2.56. The molecule has 2 heterocycles. The number of hydrogen-bond donors (Lipinski definition) is 1. The van der Waals surface area contributed by atoms with E-state index < -0.39 is 23.4 Å². The standard InChI is InChI=1S/C27H18ClN3O2/c28-20-8-4-7-19(13-20)25-23(15-29)31-22-11-10-21(32)14-18(22)9-12-24(31)27(25,16-30)26(33)17-5-2-1-3-6-17/h1-14,23-25,32H/t23-,24-,25+,27+/m1/s1. The van der Waals surface area contributed by atoms with Gasteiger partial charge in [-0.2, -0.15) is 10.5 Å². The van der Waals surface area contributed by atoms with Gasteiger partial charge in [0.25, 0.3) is 0 Å². The molecule has 0 unspecified atom stereocenters. The topological polar surface area (TPSA) is 88.1 Å². The Morgan fingerprint density at radius 2 is 1.82 bits per heavy atom. The van der Waals surface area contributed by atoms with E-state index in [1.165, 1.54) is 0 Å². The van der Waals surface area contributed by atoms with Crippen LogP contribution in [0.25, 0.3) is 6.08 Å². The average Bonchev–Trinajstić information content (AvgIpc) is 3.14. The van der Waals surface area contributed by atoms with E-state index >= 15 is 0 Å². The molecule has 33 heavy (non-hydrogen) atoms. The zero-order chi connectivity index (χ0) is 23.2. The zero-order valence-electron chi connectivity index (χ0n) is 17.4. The summed E-state index contributed by atoms with van der Waals surface area (Å²) in [6.45, 7) is 0. The second-order valence-corrected chi connectivity index (χ2v) is 8.67. The Balaban J connectivity index is 1.80. The molecule has 0 amide bonds. The monoisotopic (exact) mass is 451 g/mol. The fourth-order valence-electron chi connectivity index (χ4n) is 5.21. The van der Waals surface area contributed by atoms with Crippen molar-refractivity contribution < 1.29 is 9.90 Å². The number of ketones is 1. The van der Waals surface area contributed by atoms with Crippen LogP contribution >= 0.6 is 11.6 Å². The van der Waals surface area contributed by atoms with E-state index in [0.29, 0.717) is 21.8 Å². The lowest BCUT2D eigenvalue weighted by Gasteiger charge is -2.35. The molecule has 2 aliphatic heterocycles. The van der Waals surface area contributed by atoms with Crippen LogP contribution in [-0.4, -0.2) is 23.0 Å². The number of nitrogens with zero attached hydrogens (tertiary/aromatic N) is 3. The van der Waals surface area contributed by atoms with Gasteiger partial charge in [0.15, 0.2) is 11.2 Å². The number of benzene rings is 3. The van der Waals surface area contributed by atoms with Crippen molar-refractivity contribution in [2.24, 2.45) is 5.41 Å². The van der Waals surface area contributed by atoms with Crippen LogP contribution in [0.3, 0.4) is 0 Å². The molecule has 4 atom stereocenters. The van der Waals surface area contributed by atoms with Gasteiger partial charge in [-0.3, -0.25) is 4.79 Å². The number of Topliss-reactive ketones (excluding diaryl/α,β-unsaturated/α-hetero) is 1. The van der Waals surface area contributed by atoms with Crippen LogP contribution in [0.2, 0.25) is 5.02 Å². The first-order valence-corrected chi connectivity index (χ1v) is 10.8. The van der Waals surface area contributed by atoms with Gasteiger partial charge in [-0.25, -0.2) is 0 Å². The van der Waals surface area contributed by atoms with Crippen LogP contribution in [-0.2, 0) is 0 Å². The van der Waals surface area contributed by atoms with Crippen molar-refractivity contribution in [2.75, 3.05) is 4.90 Å². The van der Waals surface area contributed by atoms with E-state index in [9.17, 15) is 20.4 Å². The second kappa shape index (κ2) is 7.81. The lowest BCUT2D eigenvalue weighted by molar-refractivity contribution is 0.0842. The average molecular weight is 452 g/mol. The first kappa shape index (κ1) is 20.8. The SMILES string of the molecule is N#C[C@@H]1[C@H](c2cccc(Cl)c2)[C@@](C#N)(C(=O)c2ccccc2)[C@H]2C=Cc3cc(O)ccc3N12. The number of phenols is 1. The number of aromatic hydroxyl groups is 1. The molecule has 1 saturated heterocycles. The van der Waals surface area contributed by atoms with Gasteiger partial charge in [0.1, 0.15) is 11.8 Å². The van der Waals surface area contributed by atoms with Gasteiger partial charge in [0, 0.05) is 27.8 Å². The lowest BCUT2D eigenvalue weighted by atomic mass is 9.65. The van der Waals surface area contributed by atoms with E-state index in [1.54, 1.807) is 72.8 Å². The smallest absolute Gasteiger partial charge is 0.186 e. The maximum absolute atomic E-state index is 14.1. The highest BCUT2D eigenvalue weighted by molar-refractivity contribution is 6.30. The molecule has 160 valence electrons. The predicted octanol–water partition coefficient (Wildman–Crippen LogP) is 5.33. The third-order valence-electron chi connectivity index (χ3n) is 6.56. The Kier molecular flexibility index (Phi) is 4.93.